The molecule has 9 heteroatoms. The van der Waals surface area contributed by atoms with Gasteiger partial charge in [0.15, 0.2) is 5.43 Å². The van der Waals surface area contributed by atoms with Crippen molar-refractivity contribution in [3.05, 3.63) is 79.9 Å². The fourth-order valence-electron chi connectivity index (χ4n) is 5.02. The van der Waals surface area contributed by atoms with Crippen molar-refractivity contribution in [2.75, 3.05) is 29.9 Å². The number of nitrogens with zero attached hydrogens (tertiary/aromatic N) is 1. The Morgan fingerprint density at radius 1 is 1.23 bits per heavy atom. The van der Waals surface area contributed by atoms with Crippen LogP contribution in [0.1, 0.15) is 46.4 Å². The maximum absolute atomic E-state index is 13.4. The second kappa shape index (κ2) is 8.90. The Morgan fingerprint density at radius 2 is 2.00 bits per heavy atom. The molecule has 2 aliphatic rings. The first kappa shape index (κ1) is 23.2. The topological polar surface area (TPSA) is 112 Å². The third-order valence-electron chi connectivity index (χ3n) is 6.85. The standard InChI is InChI=1S/C26H27BN2O6/c1-14-10-19(16(3)28-22-7-5-4-6-18(22)26(31)32)24-20(11-14)23(30)15(2)25(35-24)29-9-8-21-17(12-29)13-34-27(21)33/h4-7,10-11,16,28,33H,8-9,12-13H2,1-3H3,(H,31,32)/t16-/m1/s1. The van der Waals surface area contributed by atoms with Crippen LogP contribution in [-0.2, 0) is 4.65 Å². The summed E-state index contributed by atoms with van der Waals surface area (Å²) in [5.74, 6) is -0.502. The van der Waals surface area contributed by atoms with Crippen molar-refractivity contribution in [2.24, 2.45) is 0 Å². The fourth-order valence-corrected chi connectivity index (χ4v) is 5.02. The van der Waals surface area contributed by atoms with Crippen molar-refractivity contribution in [2.45, 2.75) is 33.2 Å². The number of hydrogen-bond donors (Lipinski definition) is 3. The lowest BCUT2D eigenvalue weighted by atomic mass is 9.75. The predicted octanol–water partition coefficient (Wildman–Crippen LogP) is 3.84. The van der Waals surface area contributed by atoms with Crippen molar-refractivity contribution in [1.29, 1.82) is 0 Å². The van der Waals surface area contributed by atoms with Crippen LogP contribution in [0.2, 0.25) is 0 Å². The molecule has 0 fully saturated rings. The highest BCUT2D eigenvalue weighted by Crippen LogP contribution is 2.34. The number of para-hydroxylation sites is 1. The fraction of sp³-hybridized carbons (Fsp3) is 0.308. The molecule has 1 atom stereocenters. The Bertz CT molecular complexity index is 1430. The van der Waals surface area contributed by atoms with Crippen molar-refractivity contribution >= 4 is 35.6 Å². The molecule has 0 saturated heterocycles. The van der Waals surface area contributed by atoms with Crippen LogP contribution in [0, 0.1) is 13.8 Å². The van der Waals surface area contributed by atoms with Gasteiger partial charge in [-0.25, -0.2) is 4.79 Å². The summed E-state index contributed by atoms with van der Waals surface area (Å²) < 4.78 is 11.8. The molecule has 0 amide bonds. The highest BCUT2D eigenvalue weighted by atomic mass is 16.5. The van der Waals surface area contributed by atoms with E-state index in [2.05, 4.69) is 5.32 Å². The lowest BCUT2D eigenvalue weighted by Crippen LogP contribution is -2.34. The van der Waals surface area contributed by atoms with Crippen LogP contribution in [-0.4, -0.2) is 42.9 Å². The molecule has 8 nitrogen and oxygen atoms in total. The number of nitrogens with one attached hydrogen (secondary N) is 1. The molecule has 3 aromatic rings. The van der Waals surface area contributed by atoms with Gasteiger partial charge in [0, 0.05) is 24.3 Å². The van der Waals surface area contributed by atoms with Gasteiger partial charge in [-0.1, -0.05) is 18.2 Å². The number of aryl methyl sites for hydroxylation is 1. The van der Waals surface area contributed by atoms with E-state index < -0.39 is 13.1 Å². The van der Waals surface area contributed by atoms with Crippen LogP contribution >= 0.6 is 0 Å². The molecule has 3 N–H and O–H groups in total. The van der Waals surface area contributed by atoms with Gasteiger partial charge in [-0.3, -0.25) is 4.79 Å². The predicted molar refractivity (Wildman–Crippen MR) is 135 cm³/mol. The molecule has 0 aliphatic carbocycles. The van der Waals surface area contributed by atoms with Crippen LogP contribution in [0.3, 0.4) is 0 Å². The lowest BCUT2D eigenvalue weighted by Gasteiger charge is -2.30. The van der Waals surface area contributed by atoms with Gasteiger partial charge in [0.05, 0.1) is 29.2 Å². The molecular formula is C26H27BN2O6. The van der Waals surface area contributed by atoms with Crippen molar-refractivity contribution in [3.63, 3.8) is 0 Å². The molecular weight excluding hydrogens is 447 g/mol. The number of hydrogen-bond acceptors (Lipinski definition) is 7. The molecule has 1 aromatic heterocycles. The zero-order chi connectivity index (χ0) is 24.9. The van der Waals surface area contributed by atoms with Gasteiger partial charge in [-0.2, -0.15) is 0 Å². The largest absolute Gasteiger partial charge is 0.487 e. The van der Waals surface area contributed by atoms with Gasteiger partial charge in [0.2, 0.25) is 5.88 Å². The molecule has 0 radical (unpaired) electrons. The first-order valence-corrected chi connectivity index (χ1v) is 11.7. The van der Waals surface area contributed by atoms with E-state index >= 15 is 0 Å². The Kier molecular flexibility index (Phi) is 5.90. The second-order valence-corrected chi connectivity index (χ2v) is 9.27. The van der Waals surface area contributed by atoms with Crippen molar-refractivity contribution in [3.8, 4) is 0 Å². The third kappa shape index (κ3) is 4.11. The average molecular weight is 474 g/mol. The third-order valence-corrected chi connectivity index (χ3v) is 6.85. The molecule has 0 saturated carbocycles. The molecule has 3 heterocycles. The van der Waals surface area contributed by atoms with Gasteiger partial charge in [-0.15, -0.1) is 0 Å². The SMILES string of the molecule is Cc1cc([C@@H](C)Nc2ccccc2C(=O)O)c2oc(N3CCC4=C(COB4O)C3)c(C)c(=O)c2c1. The Hall–Kier alpha value is -3.56. The maximum Gasteiger partial charge on any atom is 0.487 e. The second-order valence-electron chi connectivity index (χ2n) is 9.27. The molecule has 35 heavy (non-hydrogen) atoms. The van der Waals surface area contributed by atoms with E-state index in [0.29, 0.717) is 54.2 Å². The first-order chi connectivity index (χ1) is 16.7. The monoisotopic (exact) mass is 474 g/mol. The Labute approximate surface area is 203 Å². The van der Waals surface area contributed by atoms with E-state index in [9.17, 15) is 19.7 Å². The van der Waals surface area contributed by atoms with Gasteiger partial charge in [0.25, 0.3) is 0 Å². The number of anilines is 2. The number of aromatic carboxylic acids is 1. The Balaban J connectivity index is 1.58. The molecule has 0 unspecified atom stereocenters. The normalized spacial score (nSPS) is 16.6. The van der Waals surface area contributed by atoms with Crippen LogP contribution in [0.15, 0.2) is 56.7 Å². The average Bonchev–Trinajstić information content (AvgIpc) is 3.21. The maximum atomic E-state index is 13.4. The summed E-state index contributed by atoms with van der Waals surface area (Å²) in [5, 5.41) is 23.3. The summed E-state index contributed by atoms with van der Waals surface area (Å²) in [4.78, 5) is 27.1. The first-order valence-electron chi connectivity index (χ1n) is 11.7. The van der Waals surface area contributed by atoms with Gasteiger partial charge >= 0.3 is 13.1 Å². The van der Waals surface area contributed by atoms with Gasteiger partial charge < -0.3 is 29.4 Å². The molecule has 2 aliphatic heterocycles. The summed E-state index contributed by atoms with van der Waals surface area (Å²) in [6.07, 6.45) is 0.641. The number of fused-ring (bicyclic) bond motifs is 1. The van der Waals surface area contributed by atoms with Gasteiger partial charge in [-0.05, 0) is 62.0 Å². The van der Waals surface area contributed by atoms with E-state index in [1.165, 1.54) is 0 Å². The minimum atomic E-state index is -1.02. The van der Waals surface area contributed by atoms with E-state index in [-0.39, 0.29) is 17.0 Å². The summed E-state index contributed by atoms with van der Waals surface area (Å²) in [5.41, 5.74) is 5.23. The summed E-state index contributed by atoms with van der Waals surface area (Å²) >= 11 is 0. The number of carboxylic acid groups (broad SMARTS) is 1. The van der Waals surface area contributed by atoms with E-state index in [0.717, 1.165) is 22.2 Å². The number of carbonyl (C=O) groups is 1. The van der Waals surface area contributed by atoms with Crippen LogP contribution in [0.4, 0.5) is 11.6 Å². The smallest absolute Gasteiger partial charge is 0.478 e. The molecule has 180 valence electrons. The summed E-state index contributed by atoms with van der Waals surface area (Å²) in [7, 11) is -0.841. The van der Waals surface area contributed by atoms with Crippen LogP contribution in [0.25, 0.3) is 11.0 Å². The van der Waals surface area contributed by atoms with E-state index in [1.54, 1.807) is 31.2 Å². The van der Waals surface area contributed by atoms with E-state index in [4.69, 9.17) is 9.07 Å². The highest BCUT2D eigenvalue weighted by Gasteiger charge is 2.35. The number of rotatable bonds is 5. The molecule has 5 rings (SSSR count). The molecule has 2 aromatic carbocycles. The van der Waals surface area contributed by atoms with Crippen molar-refractivity contribution in [1.82, 2.24) is 0 Å². The van der Waals surface area contributed by atoms with Crippen LogP contribution in [0.5, 0.6) is 0 Å². The highest BCUT2D eigenvalue weighted by molar-refractivity contribution is 6.53. The number of benzene rings is 2. The minimum Gasteiger partial charge on any atom is -0.478 e. The number of carboxylic acids is 1. The lowest BCUT2D eigenvalue weighted by molar-refractivity contribution is 0.0698. The summed E-state index contributed by atoms with van der Waals surface area (Å²) in [6.45, 7) is 7.13. The zero-order valence-corrected chi connectivity index (χ0v) is 19.9. The van der Waals surface area contributed by atoms with Gasteiger partial charge in [0.1, 0.15) is 5.58 Å². The summed E-state index contributed by atoms with van der Waals surface area (Å²) in [6, 6.07) is 10.2. The Morgan fingerprint density at radius 3 is 2.77 bits per heavy atom. The minimum absolute atomic E-state index is 0.0909. The quantitative estimate of drug-likeness (QED) is 0.479. The van der Waals surface area contributed by atoms with Crippen molar-refractivity contribution < 1.29 is 24.0 Å². The van der Waals surface area contributed by atoms with E-state index in [1.807, 2.05) is 30.9 Å². The van der Waals surface area contributed by atoms with Crippen LogP contribution < -0.4 is 15.6 Å². The zero-order valence-electron chi connectivity index (χ0n) is 19.9. The molecule has 0 bridgehead atoms. The molecule has 0 spiro atoms.